The maximum absolute atomic E-state index is 13.3. The number of ether oxygens (including phenoxy) is 2. The van der Waals surface area contributed by atoms with Crippen molar-refractivity contribution >= 4 is 39.8 Å². The highest BCUT2D eigenvalue weighted by Gasteiger charge is 2.34. The molecule has 2 amide bonds. The molecule has 1 aromatic heterocycles. The van der Waals surface area contributed by atoms with Crippen molar-refractivity contribution in [3.05, 3.63) is 101 Å². The molecule has 1 heterocycles. The minimum absolute atomic E-state index is 0.00331. The van der Waals surface area contributed by atoms with Gasteiger partial charge in [0.1, 0.15) is 18.1 Å². The number of nitrogens with two attached hydrogens (primary N) is 1. The predicted molar refractivity (Wildman–Crippen MR) is 190 cm³/mol. The SMILES string of the molecule is C#CCOc1ccc2nc(C(=O)Nc3cc(OC)cc(C(F)(F)F)c3)nc(-c3ccc(C(C)C)cc3)c2c1.CC(=O)Nc1ccc(N)cc1C(F)(F)F. The van der Waals surface area contributed by atoms with Crippen molar-refractivity contribution in [3.63, 3.8) is 0 Å². The van der Waals surface area contributed by atoms with Crippen molar-refractivity contribution < 1.29 is 45.4 Å². The van der Waals surface area contributed by atoms with Crippen LogP contribution in [0.4, 0.5) is 43.4 Å². The topological polar surface area (TPSA) is 128 Å². The third-order valence-corrected chi connectivity index (χ3v) is 7.43. The van der Waals surface area contributed by atoms with Crippen LogP contribution in [0.5, 0.6) is 11.5 Å². The second kappa shape index (κ2) is 16.4. The number of aromatic nitrogens is 2. The van der Waals surface area contributed by atoms with Crippen molar-refractivity contribution in [1.29, 1.82) is 0 Å². The zero-order valence-electron chi connectivity index (χ0n) is 28.7. The van der Waals surface area contributed by atoms with Gasteiger partial charge in [-0.25, -0.2) is 9.97 Å². The first-order valence-corrected chi connectivity index (χ1v) is 15.7. The normalized spacial score (nSPS) is 11.3. The Hall–Kier alpha value is -6.30. The van der Waals surface area contributed by atoms with Crippen LogP contribution in [0.3, 0.4) is 0 Å². The van der Waals surface area contributed by atoms with E-state index in [-0.39, 0.29) is 35.2 Å². The lowest BCUT2D eigenvalue weighted by molar-refractivity contribution is -0.138. The van der Waals surface area contributed by atoms with Crippen molar-refractivity contribution in [2.75, 3.05) is 30.1 Å². The Labute approximate surface area is 300 Å². The van der Waals surface area contributed by atoms with Crippen molar-refractivity contribution in [2.45, 2.75) is 39.0 Å². The number of halogens is 6. The zero-order valence-corrected chi connectivity index (χ0v) is 28.7. The van der Waals surface area contributed by atoms with Crippen LogP contribution in [0.25, 0.3) is 22.2 Å². The fourth-order valence-corrected chi connectivity index (χ4v) is 4.90. The van der Waals surface area contributed by atoms with Crippen LogP contribution in [0.1, 0.15) is 54.0 Å². The van der Waals surface area contributed by atoms with E-state index >= 15 is 0 Å². The van der Waals surface area contributed by atoms with E-state index in [1.54, 1.807) is 18.2 Å². The fourth-order valence-electron chi connectivity index (χ4n) is 4.90. The summed E-state index contributed by atoms with van der Waals surface area (Å²) in [7, 11) is 1.24. The number of nitrogen functional groups attached to an aromatic ring is 1. The van der Waals surface area contributed by atoms with E-state index in [1.165, 1.54) is 19.2 Å². The number of hydrogen-bond donors (Lipinski definition) is 3. The van der Waals surface area contributed by atoms with Crippen LogP contribution < -0.4 is 25.8 Å². The van der Waals surface area contributed by atoms with Crippen LogP contribution in [0.2, 0.25) is 0 Å². The van der Waals surface area contributed by atoms with Crippen LogP contribution in [-0.4, -0.2) is 35.5 Å². The molecular formula is C38H33F6N5O4. The summed E-state index contributed by atoms with van der Waals surface area (Å²) in [6, 6.07) is 19.0. The van der Waals surface area contributed by atoms with Crippen LogP contribution in [0.15, 0.2) is 78.9 Å². The molecule has 0 aliphatic heterocycles. The maximum atomic E-state index is 13.3. The van der Waals surface area contributed by atoms with Crippen molar-refractivity contribution in [1.82, 2.24) is 9.97 Å². The summed E-state index contributed by atoms with van der Waals surface area (Å²) in [5.41, 5.74) is 5.70. The quantitative estimate of drug-likeness (QED) is 0.0824. The number of rotatable bonds is 8. The number of methoxy groups -OCH3 is 1. The number of fused-ring (bicyclic) bond motifs is 1. The van der Waals surface area contributed by atoms with E-state index in [9.17, 15) is 35.9 Å². The molecule has 0 aliphatic rings. The first-order valence-electron chi connectivity index (χ1n) is 15.7. The second-order valence-corrected chi connectivity index (χ2v) is 11.7. The summed E-state index contributed by atoms with van der Waals surface area (Å²) in [5.74, 6) is 1.63. The standard InChI is InChI=1S/C29H24F3N3O3.C9H9F3N2O/c1-5-12-38-22-10-11-25-24(16-22)26(19-8-6-18(7-9-19)17(2)3)35-27(34-25)28(36)33-21-13-20(29(30,31)32)14-23(15-21)37-4;1-5(15)14-8-3-2-6(13)4-7(8)9(10,11)12/h1,6-11,13-17H,12H2,2-4H3,(H,33,36);2-4H,13H2,1H3,(H,14,15). The van der Waals surface area contributed by atoms with Crippen molar-refractivity contribution in [2.24, 2.45) is 0 Å². The molecule has 0 aliphatic carbocycles. The van der Waals surface area contributed by atoms with E-state index in [1.807, 2.05) is 24.3 Å². The molecule has 0 atom stereocenters. The fraction of sp³-hybridized carbons (Fsp3) is 0.211. The molecule has 276 valence electrons. The van der Waals surface area contributed by atoms with Gasteiger partial charge in [0.05, 0.1) is 35.1 Å². The van der Waals surface area contributed by atoms with Gasteiger partial charge in [-0.15, -0.1) is 6.42 Å². The van der Waals surface area contributed by atoms with Gasteiger partial charge in [-0.2, -0.15) is 26.3 Å². The number of carbonyl (C=O) groups is 2. The summed E-state index contributed by atoms with van der Waals surface area (Å²) in [6.45, 7) is 5.37. The Morgan fingerprint density at radius 1 is 0.868 bits per heavy atom. The maximum Gasteiger partial charge on any atom is 0.418 e. The molecule has 5 rings (SSSR count). The Morgan fingerprint density at radius 2 is 1.57 bits per heavy atom. The Kier molecular flexibility index (Phi) is 12.2. The van der Waals surface area contributed by atoms with Gasteiger partial charge in [0.2, 0.25) is 11.7 Å². The summed E-state index contributed by atoms with van der Waals surface area (Å²) >= 11 is 0. The molecule has 15 heteroatoms. The summed E-state index contributed by atoms with van der Waals surface area (Å²) in [5, 5.41) is 5.17. The Morgan fingerprint density at radius 3 is 2.15 bits per heavy atom. The van der Waals surface area contributed by atoms with Gasteiger partial charge in [-0.05, 0) is 60.0 Å². The molecule has 0 saturated carbocycles. The van der Waals surface area contributed by atoms with Crippen molar-refractivity contribution in [3.8, 4) is 35.1 Å². The molecular weight excluding hydrogens is 704 g/mol. The first-order chi connectivity index (χ1) is 24.9. The molecule has 5 aromatic rings. The van der Waals surface area contributed by atoms with Crippen LogP contribution in [-0.2, 0) is 17.1 Å². The highest BCUT2D eigenvalue weighted by atomic mass is 19.4. The van der Waals surface area contributed by atoms with Gasteiger partial charge in [0.15, 0.2) is 0 Å². The molecule has 0 saturated heterocycles. The number of benzene rings is 4. The largest absolute Gasteiger partial charge is 0.497 e. The van der Waals surface area contributed by atoms with E-state index in [2.05, 4.69) is 40.4 Å². The van der Waals surface area contributed by atoms with E-state index in [4.69, 9.17) is 21.6 Å². The number of nitrogens with zero attached hydrogens (tertiary/aromatic N) is 2. The van der Waals surface area contributed by atoms with Gasteiger partial charge in [0.25, 0.3) is 5.91 Å². The zero-order chi connectivity index (χ0) is 39.1. The smallest absolute Gasteiger partial charge is 0.418 e. The highest BCUT2D eigenvalue weighted by molar-refractivity contribution is 6.04. The molecule has 4 N–H and O–H groups in total. The highest BCUT2D eigenvalue weighted by Crippen LogP contribution is 2.37. The van der Waals surface area contributed by atoms with Gasteiger partial charge < -0.3 is 25.8 Å². The number of amides is 2. The van der Waals surface area contributed by atoms with E-state index in [0.717, 1.165) is 42.3 Å². The van der Waals surface area contributed by atoms with Crippen LogP contribution in [0, 0.1) is 12.3 Å². The average Bonchev–Trinajstić information content (AvgIpc) is 3.10. The molecule has 0 radical (unpaired) electrons. The molecule has 4 aromatic carbocycles. The number of alkyl halides is 6. The molecule has 0 fully saturated rings. The second-order valence-electron chi connectivity index (χ2n) is 11.7. The molecule has 9 nitrogen and oxygen atoms in total. The molecule has 53 heavy (non-hydrogen) atoms. The summed E-state index contributed by atoms with van der Waals surface area (Å²) in [4.78, 5) is 32.7. The number of carbonyl (C=O) groups excluding carboxylic acids is 2. The predicted octanol–water partition coefficient (Wildman–Crippen LogP) is 8.96. The van der Waals surface area contributed by atoms with E-state index < -0.39 is 35.3 Å². The number of nitrogens with one attached hydrogen (secondary N) is 2. The number of anilines is 3. The van der Waals surface area contributed by atoms with Gasteiger partial charge in [-0.3, -0.25) is 9.59 Å². The summed E-state index contributed by atoms with van der Waals surface area (Å²) in [6.07, 6.45) is -3.86. The lowest BCUT2D eigenvalue weighted by Gasteiger charge is -2.14. The Balaban J connectivity index is 0.000000350. The first kappa shape index (κ1) is 39.5. The third-order valence-electron chi connectivity index (χ3n) is 7.43. The molecule has 0 spiro atoms. The minimum atomic E-state index is -4.62. The third kappa shape index (κ3) is 10.4. The van der Waals surface area contributed by atoms with Gasteiger partial charge in [0, 0.05) is 35.3 Å². The van der Waals surface area contributed by atoms with E-state index in [0.29, 0.717) is 28.3 Å². The summed E-state index contributed by atoms with van der Waals surface area (Å²) < 4.78 is 87.9. The minimum Gasteiger partial charge on any atom is -0.497 e. The molecule has 0 unspecified atom stereocenters. The Bertz CT molecular complexity index is 2160. The average molecular weight is 738 g/mol. The lowest BCUT2D eigenvalue weighted by Crippen LogP contribution is -2.17. The van der Waals surface area contributed by atoms with Gasteiger partial charge in [-0.1, -0.05) is 44.0 Å². The number of hydrogen-bond acceptors (Lipinski definition) is 7. The van der Waals surface area contributed by atoms with Gasteiger partial charge >= 0.3 is 12.4 Å². The lowest BCUT2D eigenvalue weighted by atomic mass is 9.99. The monoisotopic (exact) mass is 737 g/mol. The number of terminal acetylenes is 1. The van der Waals surface area contributed by atoms with Crippen LogP contribution >= 0.6 is 0 Å². The molecule has 0 bridgehead atoms.